The van der Waals surface area contributed by atoms with Gasteiger partial charge >= 0.3 is 17.2 Å². The fourth-order valence-corrected chi connectivity index (χ4v) is 4.01. The molecule has 0 N–H and O–H groups in total. The van der Waals surface area contributed by atoms with Crippen molar-refractivity contribution in [3.05, 3.63) is 65.8 Å². The van der Waals surface area contributed by atoms with E-state index in [0.717, 1.165) is 38.5 Å². The van der Waals surface area contributed by atoms with E-state index < -0.39 is 28.2 Å². The van der Waals surface area contributed by atoms with Crippen molar-refractivity contribution in [1.29, 1.82) is 0 Å². The molecule has 1 atom stereocenters. The molecular formula is C19H19N5O5. The van der Waals surface area contributed by atoms with Crippen LogP contribution in [-0.2, 0) is 26.9 Å². The van der Waals surface area contributed by atoms with Crippen molar-refractivity contribution < 1.29 is 9.72 Å². The molecule has 0 spiro atoms. The molecule has 29 heavy (non-hydrogen) atoms. The first kappa shape index (κ1) is 18.8. The SMILES string of the molecule is C[C@@H](C(=O)c1ccc2c(c1)CCC2)n1c([N+](=O)[O-])nc2c(=O)n(C)c(=O)n(C)c21. The molecule has 1 aromatic carbocycles. The van der Waals surface area contributed by atoms with Crippen LogP contribution >= 0.6 is 0 Å². The highest BCUT2D eigenvalue weighted by Crippen LogP contribution is 2.28. The summed E-state index contributed by atoms with van der Waals surface area (Å²) >= 11 is 0. The normalized spacial score (nSPS) is 14.2. The molecule has 1 aliphatic rings. The Kier molecular flexibility index (Phi) is 4.21. The van der Waals surface area contributed by atoms with Gasteiger partial charge in [-0.1, -0.05) is 17.1 Å². The number of rotatable bonds is 4. The average molecular weight is 397 g/mol. The minimum absolute atomic E-state index is 0.0492. The van der Waals surface area contributed by atoms with Gasteiger partial charge in [0.15, 0.2) is 5.78 Å². The standard InChI is InChI=1S/C19H19N5O5/c1-10(15(25)13-8-7-11-5-4-6-12(11)9-13)23-16-14(20-18(23)24(28)29)17(26)22(3)19(27)21(16)2/h7-10H,4-6H2,1-3H3/t10-/m0/s1. The van der Waals surface area contributed by atoms with Crippen LogP contribution in [0.2, 0.25) is 0 Å². The van der Waals surface area contributed by atoms with Crippen LogP contribution in [0.15, 0.2) is 27.8 Å². The number of fused-ring (bicyclic) bond motifs is 2. The maximum Gasteiger partial charge on any atom is 0.437 e. The van der Waals surface area contributed by atoms with Crippen molar-refractivity contribution >= 4 is 22.9 Å². The number of carbonyl (C=O) groups excluding carboxylic acids is 1. The minimum Gasteiger partial charge on any atom is -0.390 e. The molecule has 10 heteroatoms. The highest BCUT2D eigenvalue weighted by molar-refractivity contribution is 6.00. The van der Waals surface area contributed by atoms with Gasteiger partial charge in [-0.15, -0.1) is 0 Å². The largest absolute Gasteiger partial charge is 0.437 e. The Balaban J connectivity index is 1.93. The molecule has 0 fully saturated rings. The van der Waals surface area contributed by atoms with Crippen molar-refractivity contribution in [3.8, 4) is 0 Å². The molecule has 0 bridgehead atoms. The second-order valence-corrected chi connectivity index (χ2v) is 7.29. The Bertz CT molecular complexity index is 1310. The van der Waals surface area contributed by atoms with Gasteiger partial charge in [0.2, 0.25) is 5.65 Å². The van der Waals surface area contributed by atoms with Gasteiger partial charge in [-0.3, -0.25) is 18.7 Å². The van der Waals surface area contributed by atoms with Crippen LogP contribution in [0.1, 0.15) is 40.9 Å². The number of aromatic nitrogens is 4. The number of nitro groups is 1. The monoisotopic (exact) mass is 397 g/mol. The van der Waals surface area contributed by atoms with Crippen LogP contribution in [-0.4, -0.2) is 29.4 Å². The van der Waals surface area contributed by atoms with Gasteiger partial charge in [0.1, 0.15) is 6.04 Å². The molecule has 3 aromatic rings. The molecule has 0 saturated carbocycles. The molecule has 10 nitrogen and oxygen atoms in total. The lowest BCUT2D eigenvalue weighted by Crippen LogP contribution is -2.37. The quantitative estimate of drug-likeness (QED) is 0.371. The average Bonchev–Trinajstić information content (AvgIpc) is 3.33. The Labute approximate surface area is 164 Å². The molecule has 0 radical (unpaired) electrons. The van der Waals surface area contributed by atoms with E-state index in [1.54, 1.807) is 6.07 Å². The topological polar surface area (TPSA) is 122 Å². The van der Waals surface area contributed by atoms with E-state index in [9.17, 15) is 24.5 Å². The zero-order valence-electron chi connectivity index (χ0n) is 16.2. The Morgan fingerprint density at radius 3 is 2.55 bits per heavy atom. The van der Waals surface area contributed by atoms with E-state index in [-0.39, 0.29) is 16.9 Å². The number of benzene rings is 1. The van der Waals surface area contributed by atoms with Crippen molar-refractivity contribution in [1.82, 2.24) is 18.7 Å². The summed E-state index contributed by atoms with van der Waals surface area (Å²) in [5, 5.41) is 11.6. The molecule has 150 valence electrons. The lowest BCUT2D eigenvalue weighted by Gasteiger charge is -2.13. The Morgan fingerprint density at radius 2 is 1.86 bits per heavy atom. The molecule has 4 rings (SSSR count). The first-order valence-corrected chi connectivity index (χ1v) is 9.20. The van der Waals surface area contributed by atoms with E-state index in [1.807, 2.05) is 12.1 Å². The summed E-state index contributed by atoms with van der Waals surface area (Å²) in [6.07, 6.45) is 2.90. The van der Waals surface area contributed by atoms with E-state index in [4.69, 9.17) is 0 Å². The minimum atomic E-state index is -1.03. The third-order valence-electron chi connectivity index (χ3n) is 5.58. The summed E-state index contributed by atoms with van der Waals surface area (Å²) < 4.78 is 2.99. The van der Waals surface area contributed by atoms with E-state index >= 15 is 0 Å². The number of carbonyl (C=O) groups is 1. The number of hydrogen-bond acceptors (Lipinski definition) is 6. The van der Waals surface area contributed by atoms with E-state index in [1.165, 1.54) is 26.6 Å². The van der Waals surface area contributed by atoms with Gasteiger partial charge in [0.25, 0.3) is 5.52 Å². The first-order chi connectivity index (χ1) is 13.7. The third-order valence-corrected chi connectivity index (χ3v) is 5.58. The number of ketones is 1. The Morgan fingerprint density at radius 1 is 1.17 bits per heavy atom. The molecule has 2 aromatic heterocycles. The lowest BCUT2D eigenvalue weighted by molar-refractivity contribution is -0.396. The van der Waals surface area contributed by atoms with E-state index in [0.29, 0.717) is 5.56 Å². The molecule has 0 unspecified atom stereocenters. The van der Waals surface area contributed by atoms with Crippen molar-refractivity contribution in [2.75, 3.05) is 0 Å². The van der Waals surface area contributed by atoms with Gasteiger partial charge in [0.05, 0.1) is 0 Å². The summed E-state index contributed by atoms with van der Waals surface area (Å²) in [5.74, 6) is -1.00. The second kappa shape index (κ2) is 6.50. The number of imidazole rings is 1. The van der Waals surface area contributed by atoms with Crippen LogP contribution < -0.4 is 11.2 Å². The zero-order chi connectivity index (χ0) is 21.0. The molecule has 1 aliphatic carbocycles. The number of aryl methyl sites for hydroxylation is 3. The van der Waals surface area contributed by atoms with Crippen LogP contribution in [0.25, 0.3) is 11.2 Å². The lowest BCUT2D eigenvalue weighted by atomic mass is 10.0. The van der Waals surface area contributed by atoms with Crippen molar-refractivity contribution in [2.24, 2.45) is 14.1 Å². The molecule has 0 aliphatic heterocycles. The highest BCUT2D eigenvalue weighted by atomic mass is 16.6. The van der Waals surface area contributed by atoms with Crippen LogP contribution in [0.5, 0.6) is 0 Å². The summed E-state index contributed by atoms with van der Waals surface area (Å²) in [4.78, 5) is 52.7. The summed E-state index contributed by atoms with van der Waals surface area (Å²) in [7, 11) is 2.66. The number of hydrogen-bond donors (Lipinski definition) is 0. The molecule has 0 amide bonds. The molecule has 2 heterocycles. The predicted octanol–water partition coefficient (Wildman–Crippen LogP) is 1.27. The second-order valence-electron chi connectivity index (χ2n) is 7.29. The number of Topliss-reactive ketones (excluding diaryl/α,β-unsaturated/α-hetero) is 1. The van der Waals surface area contributed by atoms with Crippen LogP contribution in [0, 0.1) is 10.1 Å². The van der Waals surface area contributed by atoms with Crippen molar-refractivity contribution in [2.45, 2.75) is 32.2 Å². The highest BCUT2D eigenvalue weighted by Gasteiger charge is 2.34. The summed E-state index contributed by atoms with van der Waals surface area (Å²) in [5.41, 5.74) is 1.07. The smallest absolute Gasteiger partial charge is 0.390 e. The first-order valence-electron chi connectivity index (χ1n) is 9.20. The summed E-state index contributed by atoms with van der Waals surface area (Å²) in [6, 6.07) is 4.42. The van der Waals surface area contributed by atoms with Crippen LogP contribution in [0.4, 0.5) is 5.95 Å². The third kappa shape index (κ3) is 2.71. The zero-order valence-corrected chi connectivity index (χ0v) is 16.2. The fraction of sp³-hybridized carbons (Fsp3) is 0.368. The predicted molar refractivity (Wildman–Crippen MR) is 104 cm³/mol. The van der Waals surface area contributed by atoms with E-state index in [2.05, 4.69) is 4.98 Å². The van der Waals surface area contributed by atoms with Gasteiger partial charge in [-0.05, 0) is 48.3 Å². The maximum atomic E-state index is 13.2. The Hall–Kier alpha value is -3.56. The fourth-order valence-electron chi connectivity index (χ4n) is 4.01. The van der Waals surface area contributed by atoms with Gasteiger partial charge in [0, 0.05) is 19.7 Å². The van der Waals surface area contributed by atoms with Gasteiger partial charge < -0.3 is 10.1 Å². The van der Waals surface area contributed by atoms with Crippen molar-refractivity contribution in [3.63, 3.8) is 0 Å². The molecular weight excluding hydrogens is 378 g/mol. The number of nitrogens with zero attached hydrogens (tertiary/aromatic N) is 5. The van der Waals surface area contributed by atoms with Gasteiger partial charge in [-0.2, -0.15) is 4.57 Å². The maximum absolute atomic E-state index is 13.2. The molecule has 0 saturated heterocycles. The summed E-state index contributed by atoms with van der Waals surface area (Å²) in [6.45, 7) is 1.51. The van der Waals surface area contributed by atoms with Gasteiger partial charge in [-0.25, -0.2) is 4.79 Å². The van der Waals surface area contributed by atoms with Crippen LogP contribution in [0.3, 0.4) is 0 Å².